The van der Waals surface area contributed by atoms with Crippen LogP contribution in [-0.2, 0) is 0 Å². The Balaban J connectivity index is 2.71. The summed E-state index contributed by atoms with van der Waals surface area (Å²) in [6, 6.07) is 4.28. The number of aryl methyl sites for hydroxylation is 2. The van der Waals surface area contributed by atoms with Crippen LogP contribution < -0.4 is 0 Å². The maximum absolute atomic E-state index is 4.63. The summed E-state index contributed by atoms with van der Waals surface area (Å²) < 4.78 is 1.36. The van der Waals surface area contributed by atoms with Crippen LogP contribution in [0.2, 0.25) is 0 Å². The van der Waals surface area contributed by atoms with Gasteiger partial charge in [0, 0.05) is 5.92 Å². The third kappa shape index (κ3) is 1.44. The second kappa shape index (κ2) is 3.35. The molecule has 1 heterocycles. The van der Waals surface area contributed by atoms with Crippen LogP contribution in [0.25, 0.3) is 10.2 Å². The lowest BCUT2D eigenvalue weighted by molar-refractivity contribution is 0.857. The summed E-state index contributed by atoms with van der Waals surface area (Å²) in [6.07, 6.45) is 0. The first-order chi connectivity index (χ1) is 6.59. The number of benzene rings is 1. The maximum Gasteiger partial charge on any atom is 0.0964 e. The molecule has 0 aliphatic rings. The van der Waals surface area contributed by atoms with E-state index in [1.807, 2.05) is 11.3 Å². The lowest BCUT2D eigenvalue weighted by Gasteiger charge is -1.98. The van der Waals surface area contributed by atoms with E-state index in [-0.39, 0.29) is 0 Å². The van der Waals surface area contributed by atoms with E-state index in [1.54, 1.807) is 0 Å². The van der Waals surface area contributed by atoms with Crippen molar-refractivity contribution in [1.29, 1.82) is 0 Å². The molecule has 0 unspecified atom stereocenters. The minimum atomic E-state index is 0.534. The summed E-state index contributed by atoms with van der Waals surface area (Å²) >= 11 is 1.84. The lowest BCUT2D eigenvalue weighted by Crippen LogP contribution is -1.83. The monoisotopic (exact) mass is 205 g/mol. The average molecular weight is 205 g/mol. The summed E-state index contributed by atoms with van der Waals surface area (Å²) in [6.45, 7) is 8.73. The van der Waals surface area contributed by atoms with Gasteiger partial charge in [-0.05, 0) is 31.0 Å². The number of thiazole rings is 1. The van der Waals surface area contributed by atoms with Gasteiger partial charge in [0.15, 0.2) is 0 Å². The van der Waals surface area contributed by atoms with Crippen LogP contribution in [0, 0.1) is 13.8 Å². The number of hydrogen-bond donors (Lipinski definition) is 0. The van der Waals surface area contributed by atoms with Crippen molar-refractivity contribution in [3.63, 3.8) is 0 Å². The van der Waals surface area contributed by atoms with Gasteiger partial charge in [-0.15, -0.1) is 11.3 Å². The van der Waals surface area contributed by atoms with E-state index in [1.165, 1.54) is 20.8 Å². The van der Waals surface area contributed by atoms with Gasteiger partial charge in [0.25, 0.3) is 0 Å². The molecule has 74 valence electrons. The molecule has 2 heteroatoms. The Hall–Kier alpha value is -0.890. The molecule has 0 amide bonds. The van der Waals surface area contributed by atoms with Crippen molar-refractivity contribution in [2.45, 2.75) is 33.6 Å². The molecule has 0 saturated heterocycles. The molecule has 0 radical (unpaired) electrons. The van der Waals surface area contributed by atoms with Crippen molar-refractivity contribution < 1.29 is 0 Å². The smallest absolute Gasteiger partial charge is 0.0964 e. The quantitative estimate of drug-likeness (QED) is 0.684. The second-order valence-electron chi connectivity index (χ2n) is 4.06. The van der Waals surface area contributed by atoms with Gasteiger partial charge in [-0.3, -0.25) is 0 Å². The van der Waals surface area contributed by atoms with Crippen LogP contribution in [0.1, 0.15) is 35.9 Å². The number of rotatable bonds is 1. The third-order valence-corrected chi connectivity index (χ3v) is 4.08. The van der Waals surface area contributed by atoms with Crippen molar-refractivity contribution in [3.05, 3.63) is 28.3 Å². The molecular weight excluding hydrogens is 190 g/mol. The molecular formula is C12H15NS. The molecule has 0 atom stereocenters. The highest BCUT2D eigenvalue weighted by Gasteiger charge is 2.09. The number of aromatic nitrogens is 1. The number of fused-ring (bicyclic) bond motifs is 1. The van der Waals surface area contributed by atoms with Gasteiger partial charge in [0.05, 0.1) is 15.2 Å². The molecule has 1 nitrogen and oxygen atoms in total. The summed E-state index contributed by atoms with van der Waals surface area (Å²) in [7, 11) is 0. The van der Waals surface area contributed by atoms with Gasteiger partial charge < -0.3 is 0 Å². The Morgan fingerprint density at radius 1 is 1.21 bits per heavy atom. The standard InChI is InChI=1S/C12H15NS/c1-7(2)12-13-10-6-5-8(3)9(4)11(10)14-12/h5-7H,1-4H3. The predicted octanol–water partition coefficient (Wildman–Crippen LogP) is 4.04. The molecule has 0 fully saturated rings. The second-order valence-corrected chi connectivity index (χ2v) is 5.09. The van der Waals surface area contributed by atoms with Crippen molar-refractivity contribution in [3.8, 4) is 0 Å². The van der Waals surface area contributed by atoms with Gasteiger partial charge >= 0.3 is 0 Å². The van der Waals surface area contributed by atoms with Gasteiger partial charge in [-0.2, -0.15) is 0 Å². The maximum atomic E-state index is 4.63. The largest absolute Gasteiger partial charge is 0.241 e. The van der Waals surface area contributed by atoms with Gasteiger partial charge in [0.1, 0.15) is 0 Å². The van der Waals surface area contributed by atoms with Crippen molar-refractivity contribution in [1.82, 2.24) is 4.98 Å². The first-order valence-corrected chi connectivity index (χ1v) is 5.78. The molecule has 0 aliphatic heterocycles. The molecule has 1 aromatic carbocycles. The lowest BCUT2D eigenvalue weighted by atomic mass is 10.1. The Bertz CT molecular complexity index is 468. The fraction of sp³-hybridized carbons (Fsp3) is 0.417. The number of hydrogen-bond acceptors (Lipinski definition) is 2. The molecule has 0 N–H and O–H groups in total. The van der Waals surface area contributed by atoms with Crippen LogP contribution in [0.5, 0.6) is 0 Å². The summed E-state index contributed by atoms with van der Waals surface area (Å²) in [5, 5.41) is 1.24. The summed E-state index contributed by atoms with van der Waals surface area (Å²) in [5.74, 6) is 0.534. The Morgan fingerprint density at radius 2 is 1.93 bits per heavy atom. The van der Waals surface area contributed by atoms with Crippen LogP contribution >= 0.6 is 11.3 Å². The summed E-state index contributed by atoms with van der Waals surface area (Å²) in [5.41, 5.74) is 3.89. The fourth-order valence-electron chi connectivity index (χ4n) is 1.49. The summed E-state index contributed by atoms with van der Waals surface area (Å²) in [4.78, 5) is 4.63. The highest BCUT2D eigenvalue weighted by atomic mass is 32.1. The molecule has 0 saturated carbocycles. The normalized spacial score (nSPS) is 11.5. The van der Waals surface area contributed by atoms with E-state index in [0.29, 0.717) is 5.92 Å². The Kier molecular flexibility index (Phi) is 2.31. The predicted molar refractivity (Wildman–Crippen MR) is 63.2 cm³/mol. The van der Waals surface area contributed by atoms with Crippen LogP contribution in [0.3, 0.4) is 0 Å². The molecule has 0 bridgehead atoms. The van der Waals surface area contributed by atoms with Gasteiger partial charge in [0.2, 0.25) is 0 Å². The van der Waals surface area contributed by atoms with Gasteiger partial charge in [-0.25, -0.2) is 4.98 Å². The minimum absolute atomic E-state index is 0.534. The van der Waals surface area contributed by atoms with E-state index < -0.39 is 0 Å². The first-order valence-electron chi connectivity index (χ1n) is 4.96. The highest BCUT2D eigenvalue weighted by Crippen LogP contribution is 2.30. The Morgan fingerprint density at radius 3 is 2.57 bits per heavy atom. The van der Waals surface area contributed by atoms with Crippen LogP contribution in [-0.4, -0.2) is 4.98 Å². The SMILES string of the molecule is Cc1ccc2nc(C(C)C)sc2c1C. The van der Waals surface area contributed by atoms with E-state index in [0.717, 1.165) is 5.52 Å². The average Bonchev–Trinajstić information content (AvgIpc) is 2.56. The zero-order valence-electron chi connectivity index (χ0n) is 9.09. The Labute approximate surface area is 88.8 Å². The van der Waals surface area contributed by atoms with Crippen LogP contribution in [0.4, 0.5) is 0 Å². The molecule has 2 rings (SSSR count). The first kappa shape index (κ1) is 9.66. The third-order valence-electron chi connectivity index (χ3n) is 2.59. The molecule has 0 spiro atoms. The van der Waals surface area contributed by atoms with E-state index >= 15 is 0 Å². The topological polar surface area (TPSA) is 12.9 Å². The van der Waals surface area contributed by atoms with Crippen molar-refractivity contribution >= 4 is 21.6 Å². The molecule has 0 aliphatic carbocycles. The van der Waals surface area contributed by atoms with E-state index in [4.69, 9.17) is 0 Å². The van der Waals surface area contributed by atoms with Gasteiger partial charge in [-0.1, -0.05) is 19.9 Å². The fourth-order valence-corrected chi connectivity index (χ4v) is 2.61. The zero-order valence-corrected chi connectivity index (χ0v) is 9.90. The van der Waals surface area contributed by atoms with E-state index in [9.17, 15) is 0 Å². The van der Waals surface area contributed by atoms with Crippen LogP contribution in [0.15, 0.2) is 12.1 Å². The van der Waals surface area contributed by atoms with Crippen molar-refractivity contribution in [2.75, 3.05) is 0 Å². The molecule has 1 aromatic heterocycles. The highest BCUT2D eigenvalue weighted by molar-refractivity contribution is 7.18. The zero-order chi connectivity index (χ0) is 10.3. The minimum Gasteiger partial charge on any atom is -0.241 e. The molecule has 2 aromatic rings. The van der Waals surface area contributed by atoms with E-state index in [2.05, 4.69) is 44.8 Å². The molecule has 14 heavy (non-hydrogen) atoms. The van der Waals surface area contributed by atoms with Crippen molar-refractivity contribution in [2.24, 2.45) is 0 Å². The number of nitrogens with zero attached hydrogens (tertiary/aromatic N) is 1.